The van der Waals surface area contributed by atoms with Crippen LogP contribution in [0, 0.1) is 5.92 Å². The van der Waals surface area contributed by atoms with Gasteiger partial charge in [-0.05, 0) is 39.5 Å². The van der Waals surface area contributed by atoms with E-state index in [1.54, 1.807) is 11.9 Å². The number of hydrogen-bond acceptors (Lipinski definition) is 3. The van der Waals surface area contributed by atoms with E-state index in [0.29, 0.717) is 25.4 Å². The number of likely N-dealkylation sites (tertiary alicyclic amines) is 1. The van der Waals surface area contributed by atoms with E-state index in [-0.39, 0.29) is 12.0 Å². The molecule has 1 saturated heterocycles. The fourth-order valence-electron chi connectivity index (χ4n) is 2.01. The maximum atomic E-state index is 11.8. The number of ether oxygens (including phenoxy) is 1. The van der Waals surface area contributed by atoms with Gasteiger partial charge in [0, 0.05) is 26.6 Å². The molecule has 0 aliphatic carbocycles. The number of nitrogens with one attached hydrogen (secondary N) is 1. The molecule has 0 aromatic heterocycles. The van der Waals surface area contributed by atoms with Gasteiger partial charge in [0.15, 0.2) is 0 Å². The van der Waals surface area contributed by atoms with Gasteiger partial charge in [-0.3, -0.25) is 4.79 Å². The van der Waals surface area contributed by atoms with Crippen molar-refractivity contribution in [1.29, 1.82) is 0 Å². The van der Waals surface area contributed by atoms with Crippen molar-refractivity contribution in [3.8, 4) is 0 Å². The number of nitrogens with zero attached hydrogens (tertiary/aromatic N) is 1. The molecular formula is C13H24N2O3. The molecule has 1 aliphatic heterocycles. The highest BCUT2D eigenvalue weighted by Crippen LogP contribution is 2.22. The summed E-state index contributed by atoms with van der Waals surface area (Å²) in [6.07, 6.45) is 2.04. The minimum atomic E-state index is -0.448. The standard InChI is InChI=1S/C13H24N2O3/c1-13(2,3)18-12(17)15-7-5-10(6-8-15)9-11(16)14-4/h10H,5-9H2,1-4H3,(H,14,16). The van der Waals surface area contributed by atoms with Gasteiger partial charge in [0.05, 0.1) is 0 Å². The summed E-state index contributed by atoms with van der Waals surface area (Å²) in [6, 6.07) is 0. The van der Waals surface area contributed by atoms with Crippen molar-refractivity contribution in [3.05, 3.63) is 0 Å². The number of carbonyl (C=O) groups excluding carboxylic acids is 2. The number of rotatable bonds is 2. The lowest BCUT2D eigenvalue weighted by Gasteiger charge is -2.33. The summed E-state index contributed by atoms with van der Waals surface area (Å²) in [4.78, 5) is 24.8. The minimum absolute atomic E-state index is 0.0747. The van der Waals surface area contributed by atoms with Crippen LogP contribution in [0.15, 0.2) is 0 Å². The van der Waals surface area contributed by atoms with Crippen molar-refractivity contribution in [2.75, 3.05) is 20.1 Å². The zero-order valence-corrected chi connectivity index (χ0v) is 11.8. The number of hydrogen-bond donors (Lipinski definition) is 1. The van der Waals surface area contributed by atoms with Gasteiger partial charge in [-0.15, -0.1) is 0 Å². The van der Waals surface area contributed by atoms with Crippen LogP contribution < -0.4 is 5.32 Å². The smallest absolute Gasteiger partial charge is 0.410 e. The summed E-state index contributed by atoms with van der Waals surface area (Å²) in [6.45, 7) is 6.95. The highest BCUT2D eigenvalue weighted by molar-refractivity contribution is 5.75. The molecule has 1 rings (SSSR count). The van der Waals surface area contributed by atoms with E-state index >= 15 is 0 Å². The van der Waals surface area contributed by atoms with Crippen molar-refractivity contribution in [2.45, 2.75) is 45.6 Å². The number of amides is 2. The SMILES string of the molecule is CNC(=O)CC1CCN(C(=O)OC(C)(C)C)CC1. The summed E-state index contributed by atoms with van der Waals surface area (Å²) in [5.74, 6) is 0.453. The van der Waals surface area contributed by atoms with Gasteiger partial charge in [-0.1, -0.05) is 0 Å². The third kappa shape index (κ3) is 4.94. The summed E-state index contributed by atoms with van der Waals surface area (Å²) in [5, 5.41) is 2.63. The average Bonchev–Trinajstić information content (AvgIpc) is 2.27. The molecule has 1 heterocycles. The molecule has 5 heteroatoms. The predicted molar refractivity (Wildman–Crippen MR) is 69.2 cm³/mol. The fraction of sp³-hybridized carbons (Fsp3) is 0.846. The van der Waals surface area contributed by atoms with Gasteiger partial charge in [-0.2, -0.15) is 0 Å². The van der Waals surface area contributed by atoms with Crippen LogP contribution in [-0.2, 0) is 9.53 Å². The van der Waals surface area contributed by atoms with Gasteiger partial charge in [-0.25, -0.2) is 4.79 Å². The molecule has 0 radical (unpaired) electrons. The molecule has 18 heavy (non-hydrogen) atoms. The predicted octanol–water partition coefficient (Wildman–Crippen LogP) is 1.77. The van der Waals surface area contributed by atoms with Gasteiger partial charge in [0.1, 0.15) is 5.60 Å². The van der Waals surface area contributed by atoms with E-state index in [0.717, 1.165) is 12.8 Å². The Labute approximate surface area is 109 Å². The quantitative estimate of drug-likeness (QED) is 0.819. The molecule has 1 fully saturated rings. The third-order valence-corrected chi connectivity index (χ3v) is 3.02. The zero-order valence-electron chi connectivity index (χ0n) is 11.8. The van der Waals surface area contributed by atoms with Crippen molar-refractivity contribution < 1.29 is 14.3 Å². The summed E-state index contributed by atoms with van der Waals surface area (Å²) >= 11 is 0. The van der Waals surface area contributed by atoms with E-state index in [4.69, 9.17) is 4.74 Å². The fourth-order valence-corrected chi connectivity index (χ4v) is 2.01. The molecule has 1 aliphatic rings. The molecule has 0 unspecified atom stereocenters. The van der Waals surface area contributed by atoms with Crippen molar-refractivity contribution >= 4 is 12.0 Å². The Morgan fingerprint density at radius 2 is 1.83 bits per heavy atom. The monoisotopic (exact) mass is 256 g/mol. The molecule has 104 valence electrons. The first-order valence-corrected chi connectivity index (χ1v) is 6.50. The van der Waals surface area contributed by atoms with Crippen LogP contribution in [0.1, 0.15) is 40.0 Å². The Morgan fingerprint density at radius 3 is 2.28 bits per heavy atom. The topological polar surface area (TPSA) is 58.6 Å². The summed E-state index contributed by atoms with van der Waals surface area (Å²) in [5.41, 5.74) is -0.448. The van der Waals surface area contributed by atoms with Gasteiger partial charge >= 0.3 is 6.09 Å². The van der Waals surface area contributed by atoms with Crippen molar-refractivity contribution in [1.82, 2.24) is 10.2 Å². The van der Waals surface area contributed by atoms with Crippen LogP contribution in [0.5, 0.6) is 0 Å². The van der Waals surface area contributed by atoms with Crippen LogP contribution in [-0.4, -0.2) is 42.6 Å². The van der Waals surface area contributed by atoms with Crippen LogP contribution in [0.2, 0.25) is 0 Å². The second kappa shape index (κ2) is 6.07. The molecule has 2 amide bonds. The largest absolute Gasteiger partial charge is 0.444 e. The molecule has 0 spiro atoms. The number of carbonyl (C=O) groups is 2. The molecule has 5 nitrogen and oxygen atoms in total. The Bertz CT molecular complexity index is 302. The van der Waals surface area contributed by atoms with E-state index in [1.165, 1.54) is 0 Å². The molecule has 0 saturated carbocycles. The van der Waals surface area contributed by atoms with E-state index in [2.05, 4.69) is 5.32 Å². The van der Waals surface area contributed by atoms with Gasteiger partial charge in [0.2, 0.25) is 5.91 Å². The van der Waals surface area contributed by atoms with Gasteiger partial charge < -0.3 is 15.0 Å². The molecular weight excluding hydrogens is 232 g/mol. The first-order valence-electron chi connectivity index (χ1n) is 6.50. The van der Waals surface area contributed by atoms with Crippen LogP contribution in [0.4, 0.5) is 4.79 Å². The lowest BCUT2D eigenvalue weighted by molar-refractivity contribution is -0.121. The maximum Gasteiger partial charge on any atom is 0.410 e. The van der Waals surface area contributed by atoms with Crippen molar-refractivity contribution in [2.24, 2.45) is 5.92 Å². The first-order chi connectivity index (χ1) is 8.31. The zero-order chi connectivity index (χ0) is 13.8. The lowest BCUT2D eigenvalue weighted by atomic mass is 9.93. The highest BCUT2D eigenvalue weighted by atomic mass is 16.6. The Morgan fingerprint density at radius 1 is 1.28 bits per heavy atom. The molecule has 0 atom stereocenters. The molecule has 0 bridgehead atoms. The Balaban J connectivity index is 2.35. The van der Waals surface area contributed by atoms with Crippen LogP contribution in [0.3, 0.4) is 0 Å². The van der Waals surface area contributed by atoms with Crippen LogP contribution in [0.25, 0.3) is 0 Å². The second-order valence-corrected chi connectivity index (χ2v) is 5.79. The van der Waals surface area contributed by atoms with E-state index in [1.807, 2.05) is 20.8 Å². The van der Waals surface area contributed by atoms with Crippen molar-refractivity contribution in [3.63, 3.8) is 0 Å². The average molecular weight is 256 g/mol. The maximum absolute atomic E-state index is 11.8. The third-order valence-electron chi connectivity index (χ3n) is 3.02. The summed E-state index contributed by atoms with van der Waals surface area (Å²) < 4.78 is 5.32. The van der Waals surface area contributed by atoms with Gasteiger partial charge in [0.25, 0.3) is 0 Å². The summed E-state index contributed by atoms with van der Waals surface area (Å²) in [7, 11) is 1.65. The Hall–Kier alpha value is -1.26. The molecule has 0 aromatic carbocycles. The Kier molecular flexibility index (Phi) is 4.99. The normalized spacial score (nSPS) is 17.4. The highest BCUT2D eigenvalue weighted by Gasteiger charge is 2.27. The number of piperidine rings is 1. The first kappa shape index (κ1) is 14.8. The van der Waals surface area contributed by atoms with Crippen LogP contribution >= 0.6 is 0 Å². The van der Waals surface area contributed by atoms with E-state index < -0.39 is 5.60 Å². The lowest BCUT2D eigenvalue weighted by Crippen LogP contribution is -2.42. The molecule has 1 N–H and O–H groups in total. The van der Waals surface area contributed by atoms with E-state index in [9.17, 15) is 9.59 Å². The molecule has 0 aromatic rings. The second-order valence-electron chi connectivity index (χ2n) is 5.79. The minimum Gasteiger partial charge on any atom is -0.444 e.